The minimum atomic E-state index is 0.0622. The molecule has 1 amide bonds. The highest BCUT2D eigenvalue weighted by Crippen LogP contribution is 2.33. The van der Waals surface area contributed by atoms with Crippen molar-refractivity contribution >= 4 is 56.3 Å². The molecule has 0 atom stereocenters. The first kappa shape index (κ1) is 16.6. The average Bonchev–Trinajstić information content (AvgIpc) is 3.11. The highest BCUT2D eigenvalue weighted by molar-refractivity contribution is 7.16. The zero-order valence-electron chi connectivity index (χ0n) is 13.3. The summed E-state index contributed by atoms with van der Waals surface area (Å²) in [5.74, 6) is 0.0622. The van der Waals surface area contributed by atoms with Crippen LogP contribution in [0.15, 0.2) is 41.9 Å². The predicted octanol–water partition coefficient (Wildman–Crippen LogP) is 4.57. The summed E-state index contributed by atoms with van der Waals surface area (Å²) in [5.41, 5.74) is 4.37. The molecule has 1 saturated heterocycles. The molecule has 1 aliphatic rings. The van der Waals surface area contributed by atoms with Gasteiger partial charge in [-0.15, -0.1) is 11.3 Å². The number of rotatable bonds is 2. The number of aromatic nitrogens is 1. The van der Waals surface area contributed by atoms with Gasteiger partial charge in [0, 0.05) is 31.7 Å². The quantitative estimate of drug-likeness (QED) is 0.641. The Morgan fingerprint density at radius 2 is 1.88 bits per heavy atom. The number of amides is 1. The zero-order chi connectivity index (χ0) is 17.4. The third-order valence-electron chi connectivity index (χ3n) is 4.42. The Kier molecular flexibility index (Phi) is 4.54. The Bertz CT molecular complexity index is 935. The van der Waals surface area contributed by atoms with Gasteiger partial charge in [-0.1, -0.05) is 29.3 Å². The van der Waals surface area contributed by atoms with E-state index in [1.54, 1.807) is 22.9 Å². The molecule has 0 saturated carbocycles. The van der Waals surface area contributed by atoms with Gasteiger partial charge in [-0.05, 0) is 30.3 Å². The Balaban J connectivity index is 1.47. The van der Waals surface area contributed by atoms with Crippen LogP contribution in [-0.4, -0.2) is 42.0 Å². The third kappa shape index (κ3) is 3.19. The Hall–Kier alpha value is -1.82. The van der Waals surface area contributed by atoms with Gasteiger partial charge in [-0.25, -0.2) is 4.98 Å². The summed E-state index contributed by atoms with van der Waals surface area (Å²) in [5, 5.41) is 1.12. The van der Waals surface area contributed by atoms with Crippen LogP contribution in [-0.2, 0) is 0 Å². The number of benzene rings is 2. The van der Waals surface area contributed by atoms with Crippen molar-refractivity contribution in [2.75, 3.05) is 31.1 Å². The van der Waals surface area contributed by atoms with Crippen LogP contribution in [0.5, 0.6) is 0 Å². The number of fused-ring (bicyclic) bond motifs is 1. The fourth-order valence-corrected chi connectivity index (χ4v) is 4.19. The number of carbonyl (C=O) groups is 1. The topological polar surface area (TPSA) is 36.4 Å². The van der Waals surface area contributed by atoms with E-state index in [9.17, 15) is 4.79 Å². The number of hydrogen-bond acceptors (Lipinski definition) is 4. The number of hydrogen-bond donors (Lipinski definition) is 0. The maximum absolute atomic E-state index is 12.8. The molecule has 25 heavy (non-hydrogen) atoms. The molecule has 0 bridgehead atoms. The number of nitrogens with zero attached hydrogens (tertiary/aromatic N) is 3. The molecule has 1 fully saturated rings. The fraction of sp³-hybridized carbons (Fsp3) is 0.222. The molecule has 4 rings (SSSR count). The second-order valence-corrected chi connectivity index (χ2v) is 7.56. The van der Waals surface area contributed by atoms with Gasteiger partial charge in [-0.2, -0.15) is 0 Å². The van der Waals surface area contributed by atoms with Crippen LogP contribution in [0.1, 0.15) is 10.4 Å². The van der Waals surface area contributed by atoms with E-state index in [0.717, 1.165) is 29.0 Å². The Morgan fingerprint density at radius 3 is 2.68 bits per heavy atom. The van der Waals surface area contributed by atoms with Gasteiger partial charge in [0.15, 0.2) is 0 Å². The predicted molar refractivity (Wildman–Crippen MR) is 104 cm³/mol. The van der Waals surface area contributed by atoms with Crippen LogP contribution in [0.3, 0.4) is 0 Å². The van der Waals surface area contributed by atoms with Crippen molar-refractivity contribution in [2.45, 2.75) is 0 Å². The summed E-state index contributed by atoms with van der Waals surface area (Å²) in [4.78, 5) is 21.1. The molecule has 128 valence electrons. The lowest BCUT2D eigenvalue weighted by Gasteiger charge is -2.36. The van der Waals surface area contributed by atoms with Gasteiger partial charge >= 0.3 is 0 Å². The minimum absolute atomic E-state index is 0.0622. The second-order valence-electron chi connectivity index (χ2n) is 5.89. The van der Waals surface area contributed by atoms with Crippen molar-refractivity contribution in [1.82, 2.24) is 9.88 Å². The number of carbonyl (C=O) groups excluding carboxylic acids is 1. The minimum Gasteiger partial charge on any atom is -0.367 e. The van der Waals surface area contributed by atoms with Crippen molar-refractivity contribution in [3.63, 3.8) is 0 Å². The lowest BCUT2D eigenvalue weighted by Crippen LogP contribution is -2.48. The zero-order valence-corrected chi connectivity index (χ0v) is 15.6. The number of thiazole rings is 1. The molecule has 1 aromatic heterocycles. The lowest BCUT2D eigenvalue weighted by atomic mass is 10.1. The molecule has 2 aromatic carbocycles. The molecule has 0 radical (unpaired) electrons. The van der Waals surface area contributed by atoms with E-state index in [4.69, 9.17) is 23.2 Å². The smallest absolute Gasteiger partial charge is 0.254 e. The Morgan fingerprint density at radius 1 is 1.08 bits per heavy atom. The van der Waals surface area contributed by atoms with Crippen molar-refractivity contribution in [3.05, 3.63) is 57.5 Å². The molecular weight excluding hydrogens is 377 g/mol. The Labute approximate surface area is 159 Å². The van der Waals surface area contributed by atoms with E-state index in [0.29, 0.717) is 28.7 Å². The molecule has 2 heterocycles. The molecule has 4 nitrogen and oxygen atoms in total. The van der Waals surface area contributed by atoms with Crippen molar-refractivity contribution < 1.29 is 4.79 Å². The first-order valence-corrected chi connectivity index (χ1v) is 9.58. The van der Waals surface area contributed by atoms with Crippen LogP contribution >= 0.6 is 34.5 Å². The summed E-state index contributed by atoms with van der Waals surface area (Å²) in [7, 11) is 0. The maximum atomic E-state index is 12.8. The monoisotopic (exact) mass is 391 g/mol. The van der Waals surface area contributed by atoms with E-state index in [1.807, 2.05) is 35.2 Å². The molecule has 0 aliphatic carbocycles. The fourth-order valence-electron chi connectivity index (χ4n) is 3.06. The van der Waals surface area contributed by atoms with Gasteiger partial charge in [0.25, 0.3) is 5.91 Å². The van der Waals surface area contributed by atoms with Crippen LogP contribution < -0.4 is 4.90 Å². The van der Waals surface area contributed by atoms with Crippen molar-refractivity contribution in [3.8, 4) is 0 Å². The third-order valence-corrected chi connectivity index (χ3v) is 6.02. The van der Waals surface area contributed by atoms with Crippen molar-refractivity contribution in [1.29, 1.82) is 0 Å². The van der Waals surface area contributed by atoms with E-state index in [2.05, 4.69) is 9.88 Å². The first-order chi connectivity index (χ1) is 12.1. The van der Waals surface area contributed by atoms with E-state index < -0.39 is 0 Å². The lowest BCUT2D eigenvalue weighted by molar-refractivity contribution is 0.0747. The van der Waals surface area contributed by atoms with Crippen molar-refractivity contribution in [2.24, 2.45) is 0 Å². The number of piperazine rings is 1. The van der Waals surface area contributed by atoms with Crippen LogP contribution in [0.25, 0.3) is 10.2 Å². The normalized spacial score (nSPS) is 15.0. The first-order valence-electron chi connectivity index (χ1n) is 7.95. The van der Waals surface area contributed by atoms with Gasteiger partial charge in [0.05, 0.1) is 31.5 Å². The molecular formula is C18H15Cl2N3OS. The summed E-state index contributed by atoms with van der Waals surface area (Å²) in [6, 6.07) is 11.3. The van der Waals surface area contributed by atoms with Gasteiger partial charge in [0.2, 0.25) is 0 Å². The summed E-state index contributed by atoms with van der Waals surface area (Å²) in [6.07, 6.45) is 0. The molecule has 3 aromatic rings. The summed E-state index contributed by atoms with van der Waals surface area (Å²) in [6.45, 7) is 2.77. The van der Waals surface area contributed by atoms with Crippen LogP contribution in [0.4, 0.5) is 5.69 Å². The molecule has 7 heteroatoms. The SMILES string of the molecule is O=C(c1ccc2ncsc2c1)N1CCN(c2cccc(Cl)c2Cl)CC1. The molecule has 1 aliphatic heterocycles. The van der Waals surface area contributed by atoms with Gasteiger partial charge in [-0.3, -0.25) is 4.79 Å². The van der Waals surface area contributed by atoms with Crippen LogP contribution in [0.2, 0.25) is 10.0 Å². The molecule has 0 unspecified atom stereocenters. The largest absolute Gasteiger partial charge is 0.367 e. The number of halogens is 2. The maximum Gasteiger partial charge on any atom is 0.254 e. The summed E-state index contributed by atoms with van der Waals surface area (Å²) < 4.78 is 1.04. The van der Waals surface area contributed by atoms with Gasteiger partial charge < -0.3 is 9.80 Å². The van der Waals surface area contributed by atoms with Crippen LogP contribution in [0, 0.1) is 0 Å². The standard InChI is InChI=1S/C18H15Cl2N3OS/c19-13-2-1-3-15(17(13)20)22-6-8-23(9-7-22)18(24)12-4-5-14-16(10-12)25-11-21-14/h1-5,10-11H,6-9H2. The van der Waals surface area contributed by atoms with E-state index in [1.165, 1.54) is 0 Å². The van der Waals surface area contributed by atoms with E-state index in [-0.39, 0.29) is 5.91 Å². The second kappa shape index (κ2) is 6.83. The average molecular weight is 392 g/mol. The molecule has 0 N–H and O–H groups in total. The molecule has 0 spiro atoms. The highest BCUT2D eigenvalue weighted by Gasteiger charge is 2.24. The van der Waals surface area contributed by atoms with Gasteiger partial charge in [0.1, 0.15) is 0 Å². The highest BCUT2D eigenvalue weighted by atomic mass is 35.5. The number of anilines is 1. The summed E-state index contributed by atoms with van der Waals surface area (Å²) >= 11 is 14.0. The van der Waals surface area contributed by atoms with E-state index >= 15 is 0 Å².